The second kappa shape index (κ2) is 11.0. The summed E-state index contributed by atoms with van der Waals surface area (Å²) in [6, 6.07) is 11.5. The van der Waals surface area contributed by atoms with E-state index < -0.39 is 5.41 Å². The molecule has 0 aliphatic rings. The van der Waals surface area contributed by atoms with Gasteiger partial charge in [0, 0.05) is 17.2 Å². The molecule has 0 bridgehead atoms. The lowest BCUT2D eigenvalue weighted by Gasteiger charge is -2.24. The summed E-state index contributed by atoms with van der Waals surface area (Å²) in [7, 11) is 3.14. The van der Waals surface area contributed by atoms with Gasteiger partial charge in [-0.05, 0) is 68.2 Å². The van der Waals surface area contributed by atoms with Crippen LogP contribution < -0.4 is 24.8 Å². The largest absolute Gasteiger partial charge is 0.493 e. The topological polar surface area (TPSA) is 68.8 Å². The third-order valence-corrected chi connectivity index (χ3v) is 5.23. The molecule has 0 saturated heterocycles. The number of anilines is 1. The Bertz CT molecular complexity index is 928. The monoisotopic (exact) mass is 444 g/mol. The fraction of sp³-hybridized carbons (Fsp3) is 0.417. The zero-order valence-corrected chi connectivity index (χ0v) is 19.9. The van der Waals surface area contributed by atoms with Gasteiger partial charge in [0.1, 0.15) is 5.75 Å². The Hall–Kier alpha value is -2.80. The van der Waals surface area contributed by atoms with Gasteiger partial charge in [0.15, 0.2) is 16.6 Å². The zero-order valence-electron chi connectivity index (χ0n) is 19.1. The number of hydrogen-bond acceptors (Lipinski definition) is 5. The van der Waals surface area contributed by atoms with E-state index in [2.05, 4.69) is 16.7 Å². The smallest absolute Gasteiger partial charge is 0.231 e. The third kappa shape index (κ3) is 7.14. The Morgan fingerprint density at radius 3 is 2.39 bits per heavy atom. The van der Waals surface area contributed by atoms with Crippen LogP contribution in [0.2, 0.25) is 0 Å². The van der Waals surface area contributed by atoms with E-state index in [-0.39, 0.29) is 11.0 Å². The van der Waals surface area contributed by atoms with Crippen molar-refractivity contribution < 1.29 is 19.0 Å². The Kier molecular flexibility index (Phi) is 8.68. The molecule has 7 heteroatoms. The van der Waals surface area contributed by atoms with Crippen molar-refractivity contribution in [2.24, 2.45) is 5.41 Å². The minimum Gasteiger partial charge on any atom is -0.493 e. The Labute approximate surface area is 190 Å². The number of aryl methyl sites for hydroxylation is 2. The van der Waals surface area contributed by atoms with Crippen molar-refractivity contribution in [3.05, 3.63) is 47.5 Å². The maximum absolute atomic E-state index is 12.7. The number of hydrogen-bond donors (Lipinski definition) is 2. The molecule has 0 aliphatic carbocycles. The van der Waals surface area contributed by atoms with E-state index in [1.54, 1.807) is 32.4 Å². The first kappa shape index (κ1) is 24.5. The highest BCUT2D eigenvalue weighted by atomic mass is 32.1. The predicted octanol–water partition coefficient (Wildman–Crippen LogP) is 5.02. The van der Waals surface area contributed by atoms with E-state index in [1.807, 2.05) is 39.8 Å². The molecule has 0 fully saturated rings. The summed E-state index contributed by atoms with van der Waals surface area (Å²) < 4.78 is 16.4. The number of nitrogens with one attached hydrogen (secondary N) is 2. The van der Waals surface area contributed by atoms with Crippen molar-refractivity contribution in [2.75, 3.05) is 26.1 Å². The van der Waals surface area contributed by atoms with Crippen LogP contribution in [0.25, 0.3) is 0 Å². The molecule has 0 saturated carbocycles. The van der Waals surface area contributed by atoms with Gasteiger partial charge >= 0.3 is 0 Å². The number of carbonyl (C=O) groups excluding carboxylic acids is 1. The molecule has 2 N–H and O–H groups in total. The molecule has 6 nitrogen and oxygen atoms in total. The number of rotatable bonds is 9. The molecule has 1 amide bonds. The highest BCUT2D eigenvalue weighted by Crippen LogP contribution is 2.30. The van der Waals surface area contributed by atoms with Crippen LogP contribution in [0.4, 0.5) is 5.69 Å². The van der Waals surface area contributed by atoms with Crippen molar-refractivity contribution in [3.63, 3.8) is 0 Å². The van der Waals surface area contributed by atoms with Crippen LogP contribution >= 0.6 is 12.2 Å². The van der Waals surface area contributed by atoms with Crippen LogP contribution in [0.1, 0.15) is 37.8 Å². The van der Waals surface area contributed by atoms with Gasteiger partial charge < -0.3 is 24.8 Å². The molecule has 2 aromatic rings. The lowest BCUT2D eigenvalue weighted by molar-refractivity contribution is -0.128. The Morgan fingerprint density at radius 1 is 1.00 bits per heavy atom. The van der Waals surface area contributed by atoms with Crippen molar-refractivity contribution in [1.29, 1.82) is 0 Å². The highest BCUT2D eigenvalue weighted by Gasteiger charge is 2.28. The summed E-state index contributed by atoms with van der Waals surface area (Å²) in [4.78, 5) is 12.7. The first-order valence-electron chi connectivity index (χ1n) is 10.2. The summed E-state index contributed by atoms with van der Waals surface area (Å²) in [6.07, 6.45) is 1.42. The standard InChI is InChI=1S/C24H32N2O4S/c1-16-8-9-17(2)20(14-16)30-13-7-12-24(3,4)22(27)26-23(31)25-18-10-11-19(28-5)21(15-18)29-6/h8-11,14-15H,7,12-13H2,1-6H3,(H2,25,26,27,31). The second-order valence-electron chi connectivity index (χ2n) is 8.08. The highest BCUT2D eigenvalue weighted by molar-refractivity contribution is 7.80. The number of ether oxygens (including phenoxy) is 3. The molecule has 2 aromatic carbocycles. The van der Waals surface area contributed by atoms with Gasteiger partial charge in [-0.2, -0.15) is 0 Å². The van der Waals surface area contributed by atoms with Gasteiger partial charge in [-0.1, -0.05) is 26.0 Å². The summed E-state index contributed by atoms with van der Waals surface area (Å²) in [6.45, 7) is 8.42. The molecular weight excluding hydrogens is 412 g/mol. The van der Waals surface area contributed by atoms with E-state index in [0.29, 0.717) is 30.2 Å². The fourth-order valence-corrected chi connectivity index (χ4v) is 3.23. The summed E-state index contributed by atoms with van der Waals surface area (Å²) >= 11 is 5.31. The summed E-state index contributed by atoms with van der Waals surface area (Å²) in [5.41, 5.74) is 2.38. The van der Waals surface area contributed by atoms with Crippen LogP contribution in [0.3, 0.4) is 0 Å². The molecule has 0 heterocycles. The zero-order chi connectivity index (χ0) is 23.0. The van der Waals surface area contributed by atoms with E-state index in [0.717, 1.165) is 23.3 Å². The van der Waals surface area contributed by atoms with Gasteiger partial charge in [-0.15, -0.1) is 0 Å². The quantitative estimate of drug-likeness (QED) is 0.418. The van der Waals surface area contributed by atoms with E-state index in [9.17, 15) is 4.79 Å². The van der Waals surface area contributed by atoms with Crippen molar-refractivity contribution in [1.82, 2.24) is 5.32 Å². The molecule has 2 rings (SSSR count). The van der Waals surface area contributed by atoms with Gasteiger partial charge in [-0.3, -0.25) is 4.79 Å². The molecule has 0 aliphatic heterocycles. The number of thiocarbonyl (C=S) groups is 1. The third-order valence-electron chi connectivity index (χ3n) is 5.03. The maximum Gasteiger partial charge on any atom is 0.231 e. The first-order chi connectivity index (χ1) is 14.7. The molecule has 0 unspecified atom stereocenters. The van der Waals surface area contributed by atoms with Gasteiger partial charge in [-0.25, -0.2) is 0 Å². The van der Waals surface area contributed by atoms with Gasteiger partial charge in [0.2, 0.25) is 5.91 Å². The van der Waals surface area contributed by atoms with Crippen molar-refractivity contribution >= 4 is 28.9 Å². The average Bonchev–Trinajstić information content (AvgIpc) is 2.73. The van der Waals surface area contributed by atoms with Gasteiger partial charge in [0.05, 0.1) is 20.8 Å². The average molecular weight is 445 g/mol. The Morgan fingerprint density at radius 2 is 1.71 bits per heavy atom. The fourth-order valence-electron chi connectivity index (χ4n) is 3.02. The minimum atomic E-state index is -0.589. The molecule has 168 valence electrons. The number of amides is 1. The molecule has 0 atom stereocenters. The van der Waals surface area contributed by atoms with Crippen LogP contribution in [0, 0.1) is 19.3 Å². The van der Waals surface area contributed by atoms with E-state index in [1.165, 1.54) is 0 Å². The number of benzene rings is 2. The minimum absolute atomic E-state index is 0.141. The second-order valence-corrected chi connectivity index (χ2v) is 8.49. The first-order valence-corrected chi connectivity index (χ1v) is 10.6. The molecule has 0 spiro atoms. The van der Waals surface area contributed by atoms with Gasteiger partial charge in [0.25, 0.3) is 0 Å². The van der Waals surface area contributed by atoms with Crippen LogP contribution in [-0.4, -0.2) is 31.8 Å². The summed E-state index contributed by atoms with van der Waals surface area (Å²) in [5, 5.41) is 6.02. The van der Waals surface area contributed by atoms with Crippen molar-refractivity contribution in [3.8, 4) is 17.2 Å². The maximum atomic E-state index is 12.7. The number of carbonyl (C=O) groups is 1. The molecule has 31 heavy (non-hydrogen) atoms. The normalized spacial score (nSPS) is 10.9. The molecular formula is C24H32N2O4S. The Balaban J connectivity index is 1.84. The lowest BCUT2D eigenvalue weighted by atomic mass is 9.87. The van der Waals surface area contributed by atoms with E-state index in [4.69, 9.17) is 26.4 Å². The van der Waals surface area contributed by atoms with E-state index >= 15 is 0 Å². The predicted molar refractivity (Wildman–Crippen MR) is 128 cm³/mol. The number of methoxy groups -OCH3 is 2. The SMILES string of the molecule is COc1ccc(NC(=S)NC(=O)C(C)(C)CCCOc2cc(C)ccc2C)cc1OC. The molecule has 0 radical (unpaired) electrons. The van der Waals surface area contributed by atoms with Crippen molar-refractivity contribution in [2.45, 2.75) is 40.5 Å². The van der Waals surface area contributed by atoms with Crippen LogP contribution in [0.5, 0.6) is 17.2 Å². The van der Waals surface area contributed by atoms with Crippen LogP contribution in [0.15, 0.2) is 36.4 Å². The lowest BCUT2D eigenvalue weighted by Crippen LogP contribution is -2.42. The van der Waals surface area contributed by atoms with Crippen LogP contribution in [-0.2, 0) is 4.79 Å². The summed E-state index contributed by atoms with van der Waals surface area (Å²) in [5.74, 6) is 1.94. The molecule has 0 aromatic heterocycles.